The van der Waals surface area contributed by atoms with Gasteiger partial charge in [-0.25, -0.2) is 0 Å². The first-order chi connectivity index (χ1) is 7.21. The molecular weight excluding hydrogens is 192 g/mol. The molecule has 0 aromatic rings. The van der Waals surface area contributed by atoms with E-state index < -0.39 is 11.4 Å². The molecule has 2 saturated heterocycles. The third kappa shape index (κ3) is 1.32. The van der Waals surface area contributed by atoms with Gasteiger partial charge in [-0.15, -0.1) is 0 Å². The summed E-state index contributed by atoms with van der Waals surface area (Å²) < 4.78 is 5.74. The van der Waals surface area contributed by atoms with Crippen molar-refractivity contribution in [2.45, 2.75) is 57.2 Å². The number of carbonyl (C=O) groups is 1. The lowest BCUT2D eigenvalue weighted by Crippen LogP contribution is -2.42. The zero-order chi connectivity index (χ0) is 10.5. The van der Waals surface area contributed by atoms with Crippen molar-refractivity contribution in [1.29, 1.82) is 0 Å². The smallest absolute Gasteiger partial charge is 0.312 e. The van der Waals surface area contributed by atoms with Gasteiger partial charge in [-0.3, -0.25) is 4.79 Å². The van der Waals surface area contributed by atoms with E-state index in [-0.39, 0.29) is 12.2 Å². The van der Waals surface area contributed by atoms with E-state index in [9.17, 15) is 9.90 Å². The summed E-state index contributed by atoms with van der Waals surface area (Å²) >= 11 is 0. The number of carboxylic acid groups (broad SMARTS) is 1. The van der Waals surface area contributed by atoms with Crippen LogP contribution in [0.2, 0.25) is 0 Å². The van der Waals surface area contributed by atoms with E-state index in [2.05, 4.69) is 0 Å². The molecule has 3 heteroatoms. The molecule has 2 bridgehead atoms. The first-order valence-electron chi connectivity index (χ1n) is 6.09. The van der Waals surface area contributed by atoms with E-state index in [1.807, 2.05) is 0 Å². The maximum atomic E-state index is 11.5. The largest absolute Gasteiger partial charge is 0.481 e. The van der Waals surface area contributed by atoms with Crippen molar-refractivity contribution in [2.24, 2.45) is 11.3 Å². The molecule has 3 fully saturated rings. The lowest BCUT2D eigenvalue weighted by Gasteiger charge is -2.37. The average molecular weight is 210 g/mol. The van der Waals surface area contributed by atoms with E-state index in [0.29, 0.717) is 5.92 Å². The van der Waals surface area contributed by atoms with Crippen molar-refractivity contribution < 1.29 is 14.6 Å². The summed E-state index contributed by atoms with van der Waals surface area (Å²) in [6, 6.07) is 0. The van der Waals surface area contributed by atoms with Crippen molar-refractivity contribution in [3.05, 3.63) is 0 Å². The standard InChI is InChI=1S/C12H18O3/c13-11(14)12(6-8-2-1-3-8)7-9-4-5-10(12)15-9/h8-10H,1-7H2,(H,13,14). The fourth-order valence-corrected chi connectivity index (χ4v) is 3.54. The van der Waals surface area contributed by atoms with Gasteiger partial charge in [0.15, 0.2) is 0 Å². The zero-order valence-electron chi connectivity index (χ0n) is 8.95. The fourth-order valence-electron chi connectivity index (χ4n) is 3.54. The van der Waals surface area contributed by atoms with Gasteiger partial charge in [0.1, 0.15) is 0 Å². The fraction of sp³-hybridized carbons (Fsp3) is 0.917. The third-order valence-electron chi connectivity index (χ3n) is 4.62. The Kier molecular flexibility index (Phi) is 2.06. The SMILES string of the molecule is O=C(O)C1(CC2CCC2)CC2CCC1O2. The van der Waals surface area contributed by atoms with Crippen molar-refractivity contribution in [3.63, 3.8) is 0 Å². The second-order valence-electron chi connectivity index (χ2n) is 5.49. The van der Waals surface area contributed by atoms with Crippen molar-refractivity contribution >= 4 is 5.97 Å². The molecule has 1 saturated carbocycles. The number of carboxylic acids is 1. The van der Waals surface area contributed by atoms with Crippen LogP contribution in [0.3, 0.4) is 0 Å². The van der Waals surface area contributed by atoms with Crippen LogP contribution in [0.4, 0.5) is 0 Å². The Balaban J connectivity index is 1.79. The number of fused-ring (bicyclic) bond motifs is 2. The highest BCUT2D eigenvalue weighted by Crippen LogP contribution is 2.53. The van der Waals surface area contributed by atoms with E-state index in [4.69, 9.17) is 4.74 Å². The molecule has 0 amide bonds. The van der Waals surface area contributed by atoms with Gasteiger partial charge in [0.05, 0.1) is 17.6 Å². The summed E-state index contributed by atoms with van der Waals surface area (Å²) in [5.41, 5.74) is -0.520. The van der Waals surface area contributed by atoms with Gasteiger partial charge in [-0.2, -0.15) is 0 Å². The topological polar surface area (TPSA) is 46.5 Å². The van der Waals surface area contributed by atoms with Gasteiger partial charge in [0.25, 0.3) is 0 Å². The Bertz CT molecular complexity index is 285. The second kappa shape index (κ2) is 3.21. The molecule has 0 aromatic carbocycles. The number of hydrogen-bond acceptors (Lipinski definition) is 2. The summed E-state index contributed by atoms with van der Waals surface area (Å²) in [4.78, 5) is 11.5. The summed E-state index contributed by atoms with van der Waals surface area (Å²) in [6.45, 7) is 0. The minimum Gasteiger partial charge on any atom is -0.481 e. The van der Waals surface area contributed by atoms with E-state index in [1.54, 1.807) is 0 Å². The summed E-state index contributed by atoms with van der Waals surface area (Å²) in [5, 5.41) is 9.47. The van der Waals surface area contributed by atoms with Gasteiger partial charge >= 0.3 is 5.97 Å². The monoisotopic (exact) mass is 210 g/mol. The van der Waals surface area contributed by atoms with Crippen LogP contribution < -0.4 is 0 Å². The highest BCUT2D eigenvalue weighted by atomic mass is 16.5. The Morgan fingerprint density at radius 3 is 2.53 bits per heavy atom. The Morgan fingerprint density at radius 2 is 2.13 bits per heavy atom. The zero-order valence-corrected chi connectivity index (χ0v) is 8.95. The molecule has 2 heterocycles. The number of aliphatic carboxylic acids is 1. The normalized spacial score (nSPS) is 44.3. The molecule has 1 aliphatic carbocycles. The molecule has 84 valence electrons. The van der Waals surface area contributed by atoms with Crippen molar-refractivity contribution in [3.8, 4) is 0 Å². The van der Waals surface area contributed by atoms with E-state index in [0.717, 1.165) is 25.7 Å². The molecular formula is C12H18O3. The molecule has 15 heavy (non-hydrogen) atoms. The lowest BCUT2D eigenvalue weighted by molar-refractivity contribution is -0.154. The lowest BCUT2D eigenvalue weighted by atomic mass is 9.65. The van der Waals surface area contributed by atoms with Gasteiger partial charge in [-0.05, 0) is 31.6 Å². The molecule has 3 unspecified atom stereocenters. The molecule has 3 nitrogen and oxygen atoms in total. The summed E-state index contributed by atoms with van der Waals surface area (Å²) in [6.07, 6.45) is 7.67. The number of hydrogen-bond donors (Lipinski definition) is 1. The highest BCUT2D eigenvalue weighted by molar-refractivity contribution is 5.76. The molecule has 2 aliphatic heterocycles. The van der Waals surface area contributed by atoms with Crippen LogP contribution in [-0.2, 0) is 9.53 Å². The third-order valence-corrected chi connectivity index (χ3v) is 4.62. The quantitative estimate of drug-likeness (QED) is 0.776. The minimum absolute atomic E-state index is 0.0144. The predicted octanol–water partition coefficient (Wildman–Crippen LogP) is 2.20. The van der Waals surface area contributed by atoms with E-state index >= 15 is 0 Å². The van der Waals surface area contributed by atoms with Crippen molar-refractivity contribution in [1.82, 2.24) is 0 Å². The van der Waals surface area contributed by atoms with Crippen LogP contribution in [0.5, 0.6) is 0 Å². The average Bonchev–Trinajstić information content (AvgIpc) is 2.70. The van der Waals surface area contributed by atoms with E-state index in [1.165, 1.54) is 19.3 Å². The van der Waals surface area contributed by atoms with Gasteiger partial charge in [0.2, 0.25) is 0 Å². The maximum Gasteiger partial charge on any atom is 0.312 e. The van der Waals surface area contributed by atoms with Crippen LogP contribution in [-0.4, -0.2) is 23.3 Å². The number of rotatable bonds is 3. The molecule has 0 aromatic heterocycles. The maximum absolute atomic E-state index is 11.5. The first kappa shape index (κ1) is 9.64. The number of ether oxygens (including phenoxy) is 1. The first-order valence-corrected chi connectivity index (χ1v) is 6.09. The molecule has 3 aliphatic rings. The summed E-state index contributed by atoms with van der Waals surface area (Å²) in [5.74, 6) is 0.0469. The van der Waals surface area contributed by atoms with Gasteiger partial charge in [0, 0.05) is 0 Å². The molecule has 3 rings (SSSR count). The molecule has 3 atom stereocenters. The Morgan fingerprint density at radius 1 is 1.33 bits per heavy atom. The van der Waals surface area contributed by atoms with Gasteiger partial charge < -0.3 is 9.84 Å². The van der Waals surface area contributed by atoms with Crippen LogP contribution in [0.25, 0.3) is 0 Å². The molecule has 0 spiro atoms. The second-order valence-corrected chi connectivity index (χ2v) is 5.49. The summed E-state index contributed by atoms with van der Waals surface area (Å²) in [7, 11) is 0. The molecule has 1 N–H and O–H groups in total. The van der Waals surface area contributed by atoms with Crippen LogP contribution in [0, 0.1) is 11.3 Å². The Hall–Kier alpha value is -0.570. The molecule has 0 radical (unpaired) electrons. The van der Waals surface area contributed by atoms with Gasteiger partial charge in [-0.1, -0.05) is 19.3 Å². The Labute approximate surface area is 89.8 Å². The van der Waals surface area contributed by atoms with Crippen LogP contribution in [0.1, 0.15) is 44.9 Å². The van der Waals surface area contributed by atoms with Crippen LogP contribution in [0.15, 0.2) is 0 Å². The minimum atomic E-state index is -0.610. The van der Waals surface area contributed by atoms with Crippen LogP contribution >= 0.6 is 0 Å². The van der Waals surface area contributed by atoms with Crippen molar-refractivity contribution in [2.75, 3.05) is 0 Å². The predicted molar refractivity (Wildman–Crippen MR) is 54.5 cm³/mol. The highest BCUT2D eigenvalue weighted by Gasteiger charge is 2.58.